The highest BCUT2D eigenvalue weighted by atomic mass is 16.3. The number of rotatable bonds is 13. The smallest absolute Gasteiger partial charge is 0.0619 e. The van der Waals surface area contributed by atoms with Gasteiger partial charge in [-0.3, -0.25) is 0 Å². The molecule has 3 heteroatoms. The molecule has 2 rings (SSSR count). The molecule has 2 N–H and O–H groups in total. The van der Waals surface area contributed by atoms with Gasteiger partial charge in [0.1, 0.15) is 0 Å². The van der Waals surface area contributed by atoms with Crippen molar-refractivity contribution in [2.24, 2.45) is 17.8 Å². The van der Waals surface area contributed by atoms with Gasteiger partial charge in [0.2, 0.25) is 0 Å². The molecule has 0 aromatic carbocycles. The average Bonchev–Trinajstić information content (AvgIpc) is 3.09. The molecule has 0 aliphatic heterocycles. The van der Waals surface area contributed by atoms with Crippen LogP contribution in [-0.2, 0) is 0 Å². The number of hydrogen-bond acceptors (Lipinski definition) is 3. The van der Waals surface area contributed by atoms with E-state index < -0.39 is 5.60 Å². The van der Waals surface area contributed by atoms with Crippen LogP contribution in [0.1, 0.15) is 90.9 Å². The molecule has 2 aliphatic carbocycles. The Morgan fingerprint density at radius 2 is 1.89 bits per heavy atom. The lowest BCUT2D eigenvalue weighted by Gasteiger charge is -2.28. The number of aliphatic hydroxyl groups is 2. The van der Waals surface area contributed by atoms with Crippen LogP contribution in [0.15, 0.2) is 11.6 Å². The van der Waals surface area contributed by atoms with Crippen LogP contribution in [-0.4, -0.2) is 47.5 Å². The molecule has 0 spiro atoms. The summed E-state index contributed by atoms with van der Waals surface area (Å²) in [5, 5.41) is 21.3. The summed E-state index contributed by atoms with van der Waals surface area (Å²) in [5.74, 6) is 1.60. The Labute approximate surface area is 168 Å². The molecule has 0 radical (unpaired) electrons. The van der Waals surface area contributed by atoms with Crippen molar-refractivity contribution in [2.45, 2.75) is 103 Å². The molecule has 0 saturated heterocycles. The highest BCUT2D eigenvalue weighted by Gasteiger charge is 2.44. The first-order chi connectivity index (χ1) is 12.8. The monoisotopic (exact) mass is 379 g/mol. The molecule has 158 valence electrons. The number of unbranched alkanes of at least 4 members (excludes halogenated alkanes) is 4. The topological polar surface area (TPSA) is 43.7 Å². The van der Waals surface area contributed by atoms with Crippen LogP contribution in [0, 0.1) is 17.8 Å². The summed E-state index contributed by atoms with van der Waals surface area (Å²) in [7, 11) is 4.29. The Morgan fingerprint density at radius 1 is 1.11 bits per heavy atom. The number of hydrogen-bond donors (Lipinski definition) is 2. The summed E-state index contributed by atoms with van der Waals surface area (Å²) in [6.07, 6.45) is 15.9. The van der Waals surface area contributed by atoms with E-state index in [0.717, 1.165) is 32.1 Å². The number of fused-ring (bicyclic) bond motifs is 1. The highest BCUT2D eigenvalue weighted by molar-refractivity contribution is 5.18. The Kier molecular flexibility index (Phi) is 9.31. The van der Waals surface area contributed by atoms with Gasteiger partial charge in [-0.25, -0.2) is 0 Å². The van der Waals surface area contributed by atoms with Gasteiger partial charge in [0.25, 0.3) is 0 Å². The summed E-state index contributed by atoms with van der Waals surface area (Å²) < 4.78 is 0. The Morgan fingerprint density at radius 3 is 2.59 bits per heavy atom. The van der Waals surface area contributed by atoms with Crippen molar-refractivity contribution in [1.29, 1.82) is 0 Å². The van der Waals surface area contributed by atoms with E-state index in [9.17, 15) is 10.2 Å². The van der Waals surface area contributed by atoms with E-state index in [1.165, 1.54) is 51.5 Å². The van der Waals surface area contributed by atoms with Gasteiger partial charge in [0, 0.05) is 0 Å². The molecule has 0 amide bonds. The fraction of sp³-hybridized carbons (Fsp3) is 0.917. The molecule has 1 saturated carbocycles. The van der Waals surface area contributed by atoms with Gasteiger partial charge >= 0.3 is 0 Å². The van der Waals surface area contributed by atoms with Crippen LogP contribution in [0.25, 0.3) is 0 Å². The highest BCUT2D eigenvalue weighted by Crippen LogP contribution is 2.49. The van der Waals surface area contributed by atoms with Gasteiger partial charge < -0.3 is 15.1 Å². The minimum Gasteiger partial charge on any atom is -0.393 e. The summed E-state index contributed by atoms with van der Waals surface area (Å²) >= 11 is 0. The lowest BCUT2D eigenvalue weighted by atomic mass is 9.82. The first kappa shape index (κ1) is 22.9. The number of nitrogens with zero attached hydrogens (tertiary/aromatic N) is 1. The van der Waals surface area contributed by atoms with Crippen molar-refractivity contribution in [3.8, 4) is 0 Å². The molecule has 5 atom stereocenters. The summed E-state index contributed by atoms with van der Waals surface area (Å²) in [5.41, 5.74) is 1.08. The van der Waals surface area contributed by atoms with E-state index in [2.05, 4.69) is 32.0 Å². The summed E-state index contributed by atoms with van der Waals surface area (Å²) in [4.78, 5) is 2.27. The van der Waals surface area contributed by atoms with Crippen molar-refractivity contribution in [1.82, 2.24) is 4.90 Å². The summed E-state index contributed by atoms with van der Waals surface area (Å²) in [6.45, 7) is 5.39. The minimum atomic E-state index is -0.561. The van der Waals surface area contributed by atoms with E-state index in [1.54, 1.807) is 5.57 Å². The van der Waals surface area contributed by atoms with Gasteiger partial charge in [0.05, 0.1) is 11.7 Å². The van der Waals surface area contributed by atoms with Crippen LogP contribution in [0.4, 0.5) is 0 Å². The van der Waals surface area contributed by atoms with Crippen LogP contribution in [0.2, 0.25) is 0 Å². The maximum Gasteiger partial charge on any atom is 0.0619 e. The molecular formula is C24H45NO2. The second kappa shape index (κ2) is 11.0. The number of allylic oxidation sites excluding steroid dienone is 2. The molecule has 3 nitrogen and oxygen atoms in total. The third-order valence-corrected chi connectivity index (χ3v) is 6.99. The van der Waals surface area contributed by atoms with E-state index >= 15 is 0 Å². The fourth-order valence-corrected chi connectivity index (χ4v) is 5.31. The zero-order valence-electron chi connectivity index (χ0n) is 18.4. The maximum absolute atomic E-state index is 10.7. The van der Waals surface area contributed by atoms with Gasteiger partial charge in [-0.2, -0.15) is 0 Å². The maximum atomic E-state index is 10.7. The first-order valence-corrected chi connectivity index (χ1v) is 11.6. The van der Waals surface area contributed by atoms with E-state index in [4.69, 9.17) is 0 Å². The molecule has 0 unspecified atom stereocenters. The first-order valence-electron chi connectivity index (χ1n) is 11.6. The lowest BCUT2D eigenvalue weighted by Crippen LogP contribution is -2.28. The van der Waals surface area contributed by atoms with E-state index in [1.807, 2.05) is 6.92 Å². The Bertz CT molecular complexity index is 457. The predicted octanol–water partition coefficient (Wildman–Crippen LogP) is 5.16. The normalized spacial score (nSPS) is 29.8. The molecule has 0 aromatic rings. The summed E-state index contributed by atoms with van der Waals surface area (Å²) in [6, 6.07) is 0. The lowest BCUT2D eigenvalue weighted by molar-refractivity contribution is 0.0209. The van der Waals surface area contributed by atoms with Crippen LogP contribution in [0.5, 0.6) is 0 Å². The van der Waals surface area contributed by atoms with Crippen molar-refractivity contribution in [3.63, 3.8) is 0 Å². The second-order valence-corrected chi connectivity index (χ2v) is 9.93. The van der Waals surface area contributed by atoms with Gasteiger partial charge in [0.15, 0.2) is 0 Å². The molecular weight excluding hydrogens is 334 g/mol. The molecule has 0 heterocycles. The zero-order chi connectivity index (χ0) is 19.9. The molecule has 1 fully saturated rings. The third kappa shape index (κ3) is 7.51. The van der Waals surface area contributed by atoms with Crippen molar-refractivity contribution >= 4 is 0 Å². The Hall–Kier alpha value is -0.380. The van der Waals surface area contributed by atoms with Crippen molar-refractivity contribution < 1.29 is 10.2 Å². The standard InChI is InChI=1S/C24H45NO2/c1-5-6-9-13-24(2,27)14-12-21-22-17-19(16-20(22)18-23(21)26)11-8-7-10-15-25(3)4/h16,20-23,26-27H,5-15,17-18H2,1-4H3/t20-,21+,22-,23+,24-/m0/s1. The molecule has 0 aromatic heterocycles. The molecule has 2 aliphatic rings. The van der Waals surface area contributed by atoms with Crippen LogP contribution < -0.4 is 0 Å². The predicted molar refractivity (Wildman–Crippen MR) is 115 cm³/mol. The number of aliphatic hydroxyl groups excluding tert-OH is 1. The van der Waals surface area contributed by atoms with Crippen LogP contribution in [0.3, 0.4) is 0 Å². The Balaban J connectivity index is 1.73. The largest absolute Gasteiger partial charge is 0.393 e. The third-order valence-electron chi connectivity index (χ3n) is 6.99. The van der Waals surface area contributed by atoms with E-state index in [-0.39, 0.29) is 6.10 Å². The average molecular weight is 380 g/mol. The second-order valence-electron chi connectivity index (χ2n) is 9.93. The van der Waals surface area contributed by atoms with Gasteiger partial charge in [-0.05, 0) is 96.7 Å². The quantitative estimate of drug-likeness (QED) is 0.343. The van der Waals surface area contributed by atoms with Crippen molar-refractivity contribution in [2.75, 3.05) is 20.6 Å². The van der Waals surface area contributed by atoms with Gasteiger partial charge in [-0.1, -0.05) is 44.3 Å². The minimum absolute atomic E-state index is 0.163. The molecule has 27 heavy (non-hydrogen) atoms. The SMILES string of the molecule is CCCCC[C@](C)(O)CC[C@@H]1[C@H]2CC(CCCCCN(C)C)=C[C@H]2C[C@H]1O. The zero-order valence-corrected chi connectivity index (χ0v) is 18.4. The molecule has 0 bridgehead atoms. The fourth-order valence-electron chi connectivity index (χ4n) is 5.31. The van der Waals surface area contributed by atoms with Gasteiger partial charge in [-0.15, -0.1) is 0 Å². The van der Waals surface area contributed by atoms with E-state index in [0.29, 0.717) is 17.8 Å². The van der Waals surface area contributed by atoms with Crippen molar-refractivity contribution in [3.05, 3.63) is 11.6 Å². The van der Waals surface area contributed by atoms with Crippen LogP contribution >= 0.6 is 0 Å².